The van der Waals surface area contributed by atoms with E-state index < -0.39 is 0 Å². The van der Waals surface area contributed by atoms with Crippen molar-refractivity contribution in [2.45, 2.75) is 19.3 Å². The third-order valence-electron chi connectivity index (χ3n) is 2.68. The van der Waals surface area contributed by atoms with Gasteiger partial charge in [-0.05, 0) is 17.5 Å². The summed E-state index contributed by atoms with van der Waals surface area (Å²) in [6.45, 7) is 2.10. The Morgan fingerprint density at radius 2 is 2.08 bits per heavy atom. The second-order valence-electron chi connectivity index (χ2n) is 3.62. The van der Waals surface area contributed by atoms with Crippen LogP contribution in [0.4, 0.5) is 5.69 Å². The van der Waals surface area contributed by atoms with Crippen LogP contribution in [0.15, 0.2) is 24.3 Å². The van der Waals surface area contributed by atoms with Gasteiger partial charge in [0.2, 0.25) is 5.91 Å². The van der Waals surface area contributed by atoms with E-state index in [4.69, 9.17) is 0 Å². The highest BCUT2D eigenvalue weighted by molar-refractivity contribution is 5.96. The van der Waals surface area contributed by atoms with Gasteiger partial charge in [0.05, 0.1) is 0 Å². The summed E-state index contributed by atoms with van der Waals surface area (Å²) < 4.78 is 0. The van der Waals surface area contributed by atoms with Gasteiger partial charge >= 0.3 is 0 Å². The van der Waals surface area contributed by atoms with Crippen LogP contribution in [-0.4, -0.2) is 13.0 Å². The number of hydrogen-bond donors (Lipinski definition) is 0. The minimum Gasteiger partial charge on any atom is -0.315 e. The number of carbonyl (C=O) groups is 1. The number of anilines is 1. The van der Waals surface area contributed by atoms with Gasteiger partial charge in [-0.1, -0.05) is 25.1 Å². The molecular weight excluding hydrogens is 162 g/mol. The number of amides is 1. The van der Waals surface area contributed by atoms with Gasteiger partial charge in [0.25, 0.3) is 0 Å². The normalized spacial score (nSPS) is 21.5. The SMILES string of the molecule is CC1CC(=O)N(C)c2ccccc21. The summed E-state index contributed by atoms with van der Waals surface area (Å²) in [7, 11) is 1.84. The molecular formula is C11H13NO. The minimum absolute atomic E-state index is 0.214. The Morgan fingerprint density at radius 3 is 2.85 bits per heavy atom. The van der Waals surface area contributed by atoms with Crippen molar-refractivity contribution in [1.82, 2.24) is 0 Å². The maximum atomic E-state index is 11.5. The molecule has 0 aromatic heterocycles. The highest BCUT2D eigenvalue weighted by atomic mass is 16.2. The summed E-state index contributed by atoms with van der Waals surface area (Å²) in [5.41, 5.74) is 2.34. The lowest BCUT2D eigenvalue weighted by Crippen LogP contribution is -2.32. The summed E-state index contributed by atoms with van der Waals surface area (Å²) in [4.78, 5) is 13.2. The first kappa shape index (κ1) is 8.30. The van der Waals surface area contributed by atoms with Crippen LogP contribution in [0.5, 0.6) is 0 Å². The van der Waals surface area contributed by atoms with Crippen LogP contribution < -0.4 is 4.90 Å². The lowest BCUT2D eigenvalue weighted by atomic mass is 9.91. The first-order valence-electron chi connectivity index (χ1n) is 4.55. The fraction of sp³-hybridized carbons (Fsp3) is 0.364. The highest BCUT2D eigenvalue weighted by Crippen LogP contribution is 2.34. The van der Waals surface area contributed by atoms with Crippen molar-refractivity contribution in [3.63, 3.8) is 0 Å². The van der Waals surface area contributed by atoms with Gasteiger partial charge in [0.15, 0.2) is 0 Å². The molecule has 0 radical (unpaired) electrons. The van der Waals surface area contributed by atoms with Crippen LogP contribution in [0.25, 0.3) is 0 Å². The largest absolute Gasteiger partial charge is 0.315 e. The number of carbonyl (C=O) groups excluding carboxylic acids is 1. The predicted octanol–water partition coefficient (Wildman–Crippen LogP) is 2.16. The van der Waals surface area contributed by atoms with Crippen molar-refractivity contribution in [3.05, 3.63) is 29.8 Å². The summed E-state index contributed by atoms with van der Waals surface area (Å²) in [5.74, 6) is 0.575. The topological polar surface area (TPSA) is 20.3 Å². The van der Waals surface area contributed by atoms with E-state index in [2.05, 4.69) is 13.0 Å². The van der Waals surface area contributed by atoms with Crippen molar-refractivity contribution in [3.8, 4) is 0 Å². The average Bonchev–Trinajstić information content (AvgIpc) is 2.15. The van der Waals surface area contributed by atoms with Crippen LogP contribution in [0.2, 0.25) is 0 Å². The molecule has 2 nitrogen and oxygen atoms in total. The van der Waals surface area contributed by atoms with Gasteiger partial charge in [-0.3, -0.25) is 4.79 Å². The van der Waals surface area contributed by atoms with Crippen LogP contribution in [-0.2, 0) is 4.79 Å². The molecule has 1 aliphatic heterocycles. The van der Waals surface area contributed by atoms with Crippen LogP contribution in [0.1, 0.15) is 24.8 Å². The van der Waals surface area contributed by atoms with E-state index in [0.29, 0.717) is 12.3 Å². The third-order valence-corrected chi connectivity index (χ3v) is 2.68. The molecule has 0 spiro atoms. The van der Waals surface area contributed by atoms with Crippen LogP contribution >= 0.6 is 0 Å². The molecule has 1 aromatic carbocycles. The second-order valence-corrected chi connectivity index (χ2v) is 3.62. The molecule has 0 fully saturated rings. The molecule has 1 amide bonds. The zero-order valence-electron chi connectivity index (χ0n) is 7.95. The summed E-state index contributed by atoms with van der Waals surface area (Å²) in [6.07, 6.45) is 0.632. The first-order valence-corrected chi connectivity index (χ1v) is 4.55. The number of nitrogens with zero attached hydrogens (tertiary/aromatic N) is 1. The Hall–Kier alpha value is -1.31. The molecule has 0 N–H and O–H groups in total. The van der Waals surface area contributed by atoms with E-state index in [1.807, 2.05) is 25.2 Å². The standard InChI is InChI=1S/C11H13NO/c1-8-7-11(13)12(2)10-6-4-3-5-9(8)10/h3-6,8H,7H2,1-2H3. The lowest BCUT2D eigenvalue weighted by Gasteiger charge is -2.29. The number of para-hydroxylation sites is 1. The van der Waals surface area contributed by atoms with Gasteiger partial charge in [-0.2, -0.15) is 0 Å². The van der Waals surface area contributed by atoms with E-state index in [1.54, 1.807) is 4.90 Å². The van der Waals surface area contributed by atoms with Gasteiger partial charge < -0.3 is 4.90 Å². The molecule has 13 heavy (non-hydrogen) atoms. The Morgan fingerprint density at radius 1 is 1.38 bits per heavy atom. The number of hydrogen-bond acceptors (Lipinski definition) is 1. The smallest absolute Gasteiger partial charge is 0.227 e. The fourth-order valence-corrected chi connectivity index (χ4v) is 1.85. The monoisotopic (exact) mass is 175 g/mol. The molecule has 0 saturated carbocycles. The zero-order valence-corrected chi connectivity index (χ0v) is 7.95. The first-order chi connectivity index (χ1) is 6.20. The lowest BCUT2D eigenvalue weighted by molar-refractivity contribution is -0.119. The van der Waals surface area contributed by atoms with Gasteiger partial charge in [-0.25, -0.2) is 0 Å². The Labute approximate surface area is 78.2 Å². The summed E-state index contributed by atoms with van der Waals surface area (Å²) >= 11 is 0. The van der Waals surface area contributed by atoms with Gasteiger partial charge in [0.1, 0.15) is 0 Å². The third kappa shape index (κ3) is 1.22. The van der Waals surface area contributed by atoms with Crippen molar-refractivity contribution < 1.29 is 4.79 Å². The highest BCUT2D eigenvalue weighted by Gasteiger charge is 2.25. The van der Waals surface area contributed by atoms with Crippen molar-refractivity contribution in [1.29, 1.82) is 0 Å². The van der Waals surface area contributed by atoms with Gasteiger partial charge in [0, 0.05) is 19.2 Å². The minimum atomic E-state index is 0.214. The van der Waals surface area contributed by atoms with E-state index >= 15 is 0 Å². The molecule has 1 unspecified atom stereocenters. The fourth-order valence-electron chi connectivity index (χ4n) is 1.85. The van der Waals surface area contributed by atoms with E-state index in [-0.39, 0.29) is 5.91 Å². The molecule has 0 saturated heterocycles. The van der Waals surface area contributed by atoms with Crippen molar-refractivity contribution in [2.24, 2.45) is 0 Å². The number of fused-ring (bicyclic) bond motifs is 1. The molecule has 2 heteroatoms. The molecule has 1 atom stereocenters. The maximum absolute atomic E-state index is 11.5. The van der Waals surface area contributed by atoms with Crippen molar-refractivity contribution >= 4 is 11.6 Å². The number of rotatable bonds is 0. The molecule has 68 valence electrons. The molecule has 1 aromatic rings. The maximum Gasteiger partial charge on any atom is 0.227 e. The average molecular weight is 175 g/mol. The zero-order chi connectivity index (χ0) is 9.42. The Bertz CT molecular complexity index is 346. The molecule has 0 aliphatic carbocycles. The van der Waals surface area contributed by atoms with Gasteiger partial charge in [-0.15, -0.1) is 0 Å². The van der Waals surface area contributed by atoms with Crippen LogP contribution in [0.3, 0.4) is 0 Å². The number of benzene rings is 1. The molecule has 1 heterocycles. The van der Waals surface area contributed by atoms with E-state index in [1.165, 1.54) is 5.56 Å². The second kappa shape index (κ2) is 2.87. The van der Waals surface area contributed by atoms with E-state index in [9.17, 15) is 4.79 Å². The molecule has 2 rings (SSSR count). The van der Waals surface area contributed by atoms with Crippen molar-refractivity contribution in [2.75, 3.05) is 11.9 Å². The summed E-state index contributed by atoms with van der Waals surface area (Å²) in [6, 6.07) is 8.10. The Balaban J connectivity index is 2.53. The molecule has 0 bridgehead atoms. The quantitative estimate of drug-likeness (QED) is 0.591. The molecule has 1 aliphatic rings. The predicted molar refractivity (Wildman–Crippen MR) is 52.9 cm³/mol. The Kier molecular flexibility index (Phi) is 1.83. The van der Waals surface area contributed by atoms with E-state index in [0.717, 1.165) is 5.69 Å². The van der Waals surface area contributed by atoms with Crippen LogP contribution in [0, 0.1) is 0 Å². The summed E-state index contributed by atoms with van der Waals surface area (Å²) in [5, 5.41) is 0.